The zero-order chi connectivity index (χ0) is 17.0. The maximum absolute atomic E-state index is 11.8. The molecule has 0 radical (unpaired) electrons. The molecule has 0 unspecified atom stereocenters. The van der Waals surface area contributed by atoms with Crippen LogP contribution in [0, 0.1) is 6.92 Å². The number of ether oxygens (including phenoxy) is 1. The second-order valence-electron chi connectivity index (χ2n) is 5.23. The van der Waals surface area contributed by atoms with Crippen molar-refractivity contribution in [3.63, 3.8) is 0 Å². The highest BCUT2D eigenvalue weighted by atomic mass is 16.5. The Balaban J connectivity index is 2.04. The molecule has 1 aromatic carbocycles. The molecular weight excluding hydrogens is 296 g/mol. The summed E-state index contributed by atoms with van der Waals surface area (Å²) >= 11 is 0. The number of benzene rings is 1. The molecule has 0 aliphatic carbocycles. The van der Waals surface area contributed by atoms with Crippen LogP contribution in [0.3, 0.4) is 0 Å². The summed E-state index contributed by atoms with van der Waals surface area (Å²) in [6, 6.07) is 8.95. The van der Waals surface area contributed by atoms with Gasteiger partial charge >= 0.3 is 11.7 Å². The molecule has 23 heavy (non-hydrogen) atoms. The van der Waals surface area contributed by atoms with E-state index in [-0.39, 0.29) is 6.61 Å². The number of hydrogen-bond donors (Lipinski definition) is 0. The minimum Gasteiger partial charge on any atom is -0.456 e. The lowest BCUT2D eigenvalue weighted by Gasteiger charge is -2.09. The van der Waals surface area contributed by atoms with Crippen LogP contribution in [0.5, 0.6) is 0 Å². The van der Waals surface area contributed by atoms with E-state index in [1.165, 1.54) is 30.8 Å². The second kappa shape index (κ2) is 6.91. The number of esters is 1. The van der Waals surface area contributed by atoms with Crippen LogP contribution in [0.25, 0.3) is 6.08 Å². The fourth-order valence-corrected chi connectivity index (χ4v) is 1.95. The smallest absolute Gasteiger partial charge is 0.331 e. The van der Waals surface area contributed by atoms with Crippen molar-refractivity contribution in [3.8, 4) is 0 Å². The lowest BCUT2D eigenvalue weighted by atomic mass is 10.1. The van der Waals surface area contributed by atoms with Crippen molar-refractivity contribution >= 4 is 12.0 Å². The third-order valence-electron chi connectivity index (χ3n) is 3.48. The predicted molar refractivity (Wildman–Crippen MR) is 86.9 cm³/mol. The first-order chi connectivity index (χ1) is 10.9. The summed E-state index contributed by atoms with van der Waals surface area (Å²) in [5, 5.41) is 0. The Morgan fingerprint density at radius 1 is 1.13 bits per heavy atom. The van der Waals surface area contributed by atoms with Crippen molar-refractivity contribution in [2.45, 2.75) is 13.5 Å². The van der Waals surface area contributed by atoms with E-state index in [2.05, 4.69) is 0 Å². The van der Waals surface area contributed by atoms with Crippen LogP contribution in [-0.2, 0) is 30.2 Å². The van der Waals surface area contributed by atoms with Gasteiger partial charge in [0, 0.05) is 26.2 Å². The second-order valence-corrected chi connectivity index (χ2v) is 5.23. The maximum Gasteiger partial charge on any atom is 0.331 e. The van der Waals surface area contributed by atoms with Gasteiger partial charge in [0.1, 0.15) is 6.61 Å². The van der Waals surface area contributed by atoms with E-state index >= 15 is 0 Å². The molecule has 0 fully saturated rings. The average Bonchev–Trinajstić information content (AvgIpc) is 2.54. The van der Waals surface area contributed by atoms with Gasteiger partial charge in [0.2, 0.25) is 0 Å². The van der Waals surface area contributed by atoms with Gasteiger partial charge in [0.15, 0.2) is 0 Å². The summed E-state index contributed by atoms with van der Waals surface area (Å²) in [5.41, 5.74) is 1.47. The van der Waals surface area contributed by atoms with Gasteiger partial charge in [-0.15, -0.1) is 0 Å². The Morgan fingerprint density at radius 2 is 1.78 bits per heavy atom. The molecule has 0 N–H and O–H groups in total. The SMILES string of the molecule is Cc1ccc(/C=C/C(=O)OCc2cc(=O)n(C)c(=O)n2C)cc1. The molecule has 1 aromatic heterocycles. The minimum atomic E-state index is -0.543. The number of nitrogens with zero attached hydrogens (tertiary/aromatic N) is 2. The van der Waals surface area contributed by atoms with Crippen LogP contribution >= 0.6 is 0 Å². The fourth-order valence-electron chi connectivity index (χ4n) is 1.95. The summed E-state index contributed by atoms with van der Waals surface area (Å²) in [6.07, 6.45) is 2.95. The van der Waals surface area contributed by atoms with Crippen LogP contribution in [0.4, 0.5) is 0 Å². The number of aromatic nitrogens is 2. The zero-order valence-electron chi connectivity index (χ0n) is 13.3. The number of carbonyl (C=O) groups excluding carboxylic acids is 1. The standard InChI is InChI=1S/C17H18N2O4/c1-12-4-6-13(7-5-12)8-9-16(21)23-11-14-10-15(20)19(3)17(22)18(14)2/h4-10H,11H2,1-3H3/b9-8+. The average molecular weight is 314 g/mol. The van der Waals surface area contributed by atoms with Crippen molar-refractivity contribution in [2.75, 3.05) is 0 Å². The number of hydrogen-bond acceptors (Lipinski definition) is 4. The quantitative estimate of drug-likeness (QED) is 0.627. The van der Waals surface area contributed by atoms with Crippen LogP contribution in [0.15, 0.2) is 46.0 Å². The van der Waals surface area contributed by atoms with Crippen molar-refractivity contribution in [3.05, 3.63) is 74.1 Å². The van der Waals surface area contributed by atoms with Crippen molar-refractivity contribution < 1.29 is 9.53 Å². The first kappa shape index (κ1) is 16.5. The molecule has 0 saturated carbocycles. The lowest BCUT2D eigenvalue weighted by Crippen LogP contribution is -2.38. The van der Waals surface area contributed by atoms with Gasteiger partial charge in [-0.2, -0.15) is 0 Å². The molecule has 0 aliphatic rings. The lowest BCUT2D eigenvalue weighted by molar-refractivity contribution is -0.139. The van der Waals surface area contributed by atoms with E-state index in [0.29, 0.717) is 5.69 Å². The van der Waals surface area contributed by atoms with E-state index in [0.717, 1.165) is 15.7 Å². The number of rotatable bonds is 4. The maximum atomic E-state index is 11.8. The molecule has 2 rings (SSSR count). The van der Waals surface area contributed by atoms with Crippen molar-refractivity contribution in [1.82, 2.24) is 9.13 Å². The van der Waals surface area contributed by atoms with Crippen LogP contribution in [0.2, 0.25) is 0 Å². The normalized spacial score (nSPS) is 10.9. The first-order valence-electron chi connectivity index (χ1n) is 7.06. The number of carbonyl (C=O) groups is 1. The van der Waals surface area contributed by atoms with Crippen molar-refractivity contribution in [2.24, 2.45) is 14.1 Å². The molecule has 120 valence electrons. The summed E-state index contributed by atoms with van der Waals surface area (Å²) in [6.45, 7) is 1.84. The summed E-state index contributed by atoms with van der Waals surface area (Å²) < 4.78 is 7.34. The molecule has 1 heterocycles. The summed E-state index contributed by atoms with van der Waals surface area (Å²) in [4.78, 5) is 35.1. The van der Waals surface area contributed by atoms with E-state index in [1.54, 1.807) is 6.08 Å². The molecule has 0 bridgehead atoms. The Labute approximate surface area is 133 Å². The highest BCUT2D eigenvalue weighted by Gasteiger charge is 2.07. The molecule has 6 heteroatoms. The number of aryl methyl sites for hydroxylation is 1. The monoisotopic (exact) mass is 314 g/mol. The van der Waals surface area contributed by atoms with Crippen LogP contribution in [-0.4, -0.2) is 15.1 Å². The van der Waals surface area contributed by atoms with E-state index in [4.69, 9.17) is 4.74 Å². The topological polar surface area (TPSA) is 70.3 Å². The highest BCUT2D eigenvalue weighted by Crippen LogP contribution is 2.05. The predicted octanol–water partition coefficient (Wildman–Crippen LogP) is 1.15. The van der Waals surface area contributed by atoms with Crippen LogP contribution in [0.1, 0.15) is 16.8 Å². The van der Waals surface area contributed by atoms with Crippen LogP contribution < -0.4 is 11.2 Å². The van der Waals surface area contributed by atoms with Gasteiger partial charge in [0.05, 0.1) is 5.69 Å². The molecule has 0 saturated heterocycles. The Morgan fingerprint density at radius 3 is 2.43 bits per heavy atom. The molecule has 0 spiro atoms. The molecule has 6 nitrogen and oxygen atoms in total. The van der Waals surface area contributed by atoms with E-state index in [9.17, 15) is 14.4 Å². The van der Waals surface area contributed by atoms with Gasteiger partial charge in [-0.3, -0.25) is 13.9 Å². The fraction of sp³-hybridized carbons (Fsp3) is 0.235. The van der Waals surface area contributed by atoms with Crippen molar-refractivity contribution in [1.29, 1.82) is 0 Å². The largest absolute Gasteiger partial charge is 0.456 e. The van der Waals surface area contributed by atoms with E-state index in [1.807, 2.05) is 31.2 Å². The van der Waals surface area contributed by atoms with Gasteiger partial charge in [-0.25, -0.2) is 9.59 Å². The van der Waals surface area contributed by atoms with E-state index < -0.39 is 17.2 Å². The minimum absolute atomic E-state index is 0.140. The summed E-state index contributed by atoms with van der Waals surface area (Å²) in [5.74, 6) is -0.543. The molecule has 0 atom stereocenters. The molecule has 0 aliphatic heterocycles. The molecule has 2 aromatic rings. The Kier molecular flexibility index (Phi) is 4.95. The zero-order valence-corrected chi connectivity index (χ0v) is 13.3. The van der Waals surface area contributed by atoms with Gasteiger partial charge in [-0.1, -0.05) is 29.8 Å². The molecular formula is C17H18N2O4. The highest BCUT2D eigenvalue weighted by molar-refractivity contribution is 5.87. The Bertz CT molecular complexity index is 858. The Hall–Kier alpha value is -2.89. The van der Waals surface area contributed by atoms with Gasteiger partial charge < -0.3 is 4.74 Å². The first-order valence-corrected chi connectivity index (χ1v) is 7.06. The molecule has 0 amide bonds. The van der Waals surface area contributed by atoms with Gasteiger partial charge in [0.25, 0.3) is 5.56 Å². The third-order valence-corrected chi connectivity index (χ3v) is 3.48. The summed E-state index contributed by atoms with van der Waals surface area (Å²) in [7, 11) is 2.91. The third kappa shape index (κ3) is 4.06. The van der Waals surface area contributed by atoms with Gasteiger partial charge in [-0.05, 0) is 18.6 Å².